The molecule has 0 aliphatic heterocycles. The van der Waals surface area contributed by atoms with Crippen LogP contribution < -0.4 is 0 Å². The Kier molecular flexibility index (Phi) is 6.17. The summed E-state index contributed by atoms with van der Waals surface area (Å²) in [6.07, 6.45) is 3.71. The molecule has 0 heterocycles. The molecule has 1 aromatic rings. The van der Waals surface area contributed by atoms with Gasteiger partial charge in [0.1, 0.15) is 8.07 Å². The third kappa shape index (κ3) is 5.58. The normalized spacial score (nSPS) is 13.3. The quantitative estimate of drug-likeness (QED) is 0.361. The van der Waals surface area contributed by atoms with Crippen LogP contribution in [0.1, 0.15) is 33.3 Å². The molecule has 23 heavy (non-hydrogen) atoms. The summed E-state index contributed by atoms with van der Waals surface area (Å²) in [7, 11) is -1.78. The summed E-state index contributed by atoms with van der Waals surface area (Å²) >= 11 is 0. The zero-order valence-electron chi connectivity index (χ0n) is 14.9. The van der Waals surface area contributed by atoms with Crippen LogP contribution in [0.25, 0.3) is 6.08 Å². The van der Waals surface area contributed by atoms with Crippen LogP contribution >= 0.6 is 0 Å². The molecule has 1 aromatic carbocycles. The van der Waals surface area contributed by atoms with Crippen molar-refractivity contribution in [1.82, 2.24) is 0 Å². The lowest BCUT2D eigenvalue weighted by molar-refractivity contribution is -0.132. The molecule has 0 atom stereocenters. The van der Waals surface area contributed by atoms with Crippen molar-refractivity contribution in [2.24, 2.45) is 0 Å². The number of hydrogen-bond donors (Lipinski definition) is 1. The SMILES string of the molecule is C/C(C(=O)O)=C(C#C[Si](C)(C)C(C)(C)C)/C=C/c1ccccc1. The Morgan fingerprint density at radius 3 is 2.22 bits per heavy atom. The van der Waals surface area contributed by atoms with Crippen molar-refractivity contribution in [3.8, 4) is 11.5 Å². The van der Waals surface area contributed by atoms with E-state index in [0.29, 0.717) is 5.57 Å². The van der Waals surface area contributed by atoms with E-state index in [4.69, 9.17) is 0 Å². The lowest BCUT2D eigenvalue weighted by Gasteiger charge is -2.31. The van der Waals surface area contributed by atoms with Crippen molar-refractivity contribution in [2.75, 3.05) is 0 Å². The largest absolute Gasteiger partial charge is 0.478 e. The second-order valence-corrected chi connectivity index (χ2v) is 12.2. The van der Waals surface area contributed by atoms with Crippen molar-refractivity contribution < 1.29 is 9.90 Å². The van der Waals surface area contributed by atoms with E-state index >= 15 is 0 Å². The van der Waals surface area contributed by atoms with E-state index in [0.717, 1.165) is 5.56 Å². The fraction of sp³-hybridized carbons (Fsp3) is 0.350. The summed E-state index contributed by atoms with van der Waals surface area (Å²) in [5, 5.41) is 9.43. The van der Waals surface area contributed by atoms with Crippen LogP contribution in [-0.2, 0) is 4.79 Å². The molecule has 1 rings (SSSR count). The van der Waals surface area contributed by atoms with Gasteiger partial charge in [-0.15, -0.1) is 5.54 Å². The summed E-state index contributed by atoms with van der Waals surface area (Å²) in [5.41, 5.74) is 5.27. The maximum absolute atomic E-state index is 11.3. The van der Waals surface area contributed by atoms with Crippen molar-refractivity contribution in [1.29, 1.82) is 0 Å². The Morgan fingerprint density at radius 2 is 1.74 bits per heavy atom. The van der Waals surface area contributed by atoms with Crippen molar-refractivity contribution in [2.45, 2.75) is 45.8 Å². The molecule has 0 bridgehead atoms. The third-order valence-electron chi connectivity index (χ3n) is 4.35. The van der Waals surface area contributed by atoms with Crippen molar-refractivity contribution in [3.05, 3.63) is 53.1 Å². The van der Waals surface area contributed by atoms with Gasteiger partial charge in [-0.2, -0.15) is 0 Å². The van der Waals surface area contributed by atoms with Crippen LogP contribution in [0, 0.1) is 11.5 Å². The van der Waals surface area contributed by atoms with Crippen LogP contribution in [0.3, 0.4) is 0 Å². The number of benzene rings is 1. The lowest BCUT2D eigenvalue weighted by Crippen LogP contribution is -2.35. The Hall–Kier alpha value is -2.05. The maximum Gasteiger partial charge on any atom is 0.332 e. The molecule has 0 unspecified atom stereocenters. The first-order valence-electron chi connectivity index (χ1n) is 7.75. The molecular weight excluding hydrogens is 300 g/mol. The molecule has 0 spiro atoms. The van der Waals surface area contributed by atoms with E-state index in [2.05, 4.69) is 45.3 Å². The van der Waals surface area contributed by atoms with Crippen molar-refractivity contribution >= 4 is 20.1 Å². The fourth-order valence-corrected chi connectivity index (χ4v) is 2.35. The molecule has 0 aliphatic rings. The smallest absolute Gasteiger partial charge is 0.332 e. The first-order valence-corrected chi connectivity index (χ1v) is 10.7. The number of allylic oxidation sites excluding steroid dienone is 2. The number of aliphatic carboxylic acids is 1. The molecular formula is C20H26O2Si. The highest BCUT2D eigenvalue weighted by Crippen LogP contribution is 2.35. The maximum atomic E-state index is 11.3. The Bertz CT molecular complexity index is 678. The lowest BCUT2D eigenvalue weighted by atomic mass is 10.1. The second-order valence-electron chi connectivity index (χ2n) is 7.21. The minimum Gasteiger partial charge on any atom is -0.478 e. The molecule has 0 aromatic heterocycles. The molecule has 0 radical (unpaired) electrons. The van der Waals surface area contributed by atoms with E-state index < -0.39 is 14.0 Å². The number of hydrogen-bond acceptors (Lipinski definition) is 1. The number of carboxylic acids is 1. The number of carboxylic acid groups (broad SMARTS) is 1. The van der Waals surface area contributed by atoms with Crippen LogP contribution in [-0.4, -0.2) is 19.1 Å². The first kappa shape index (κ1) is 19.0. The van der Waals surface area contributed by atoms with Gasteiger partial charge in [-0.25, -0.2) is 4.79 Å². The van der Waals surface area contributed by atoms with Crippen LogP contribution in [0.2, 0.25) is 18.1 Å². The Morgan fingerprint density at radius 1 is 1.17 bits per heavy atom. The zero-order valence-corrected chi connectivity index (χ0v) is 15.9. The summed E-state index contributed by atoms with van der Waals surface area (Å²) in [4.78, 5) is 11.3. The van der Waals surface area contributed by atoms with Gasteiger partial charge < -0.3 is 5.11 Å². The topological polar surface area (TPSA) is 37.3 Å². The summed E-state index contributed by atoms with van der Waals surface area (Å²) < 4.78 is 0. The Balaban J connectivity index is 3.24. The van der Waals surface area contributed by atoms with E-state index in [-0.39, 0.29) is 10.6 Å². The molecule has 0 aliphatic carbocycles. The van der Waals surface area contributed by atoms with Gasteiger partial charge in [-0.1, -0.05) is 76.2 Å². The minimum atomic E-state index is -1.78. The van der Waals surface area contributed by atoms with Gasteiger partial charge in [0.05, 0.1) is 0 Å². The average Bonchev–Trinajstić information content (AvgIpc) is 2.46. The molecule has 3 heteroatoms. The van der Waals surface area contributed by atoms with E-state index in [1.165, 1.54) is 0 Å². The number of carbonyl (C=O) groups is 1. The summed E-state index contributed by atoms with van der Waals surface area (Å²) in [6, 6.07) is 9.81. The monoisotopic (exact) mass is 326 g/mol. The highest BCUT2D eigenvalue weighted by atomic mass is 28.3. The van der Waals surface area contributed by atoms with Gasteiger partial charge >= 0.3 is 5.97 Å². The molecule has 0 fully saturated rings. The number of rotatable bonds is 3. The predicted octanol–water partition coefficient (Wildman–Crippen LogP) is 5.15. The van der Waals surface area contributed by atoms with Crippen LogP contribution in [0.4, 0.5) is 0 Å². The van der Waals surface area contributed by atoms with Gasteiger partial charge in [-0.05, 0) is 23.6 Å². The van der Waals surface area contributed by atoms with Crippen molar-refractivity contribution in [3.63, 3.8) is 0 Å². The highest BCUT2D eigenvalue weighted by molar-refractivity contribution is 6.87. The van der Waals surface area contributed by atoms with Crippen LogP contribution in [0.15, 0.2) is 47.6 Å². The van der Waals surface area contributed by atoms with Gasteiger partial charge in [0.15, 0.2) is 0 Å². The minimum absolute atomic E-state index is 0.144. The second kappa shape index (κ2) is 7.48. The first-order chi connectivity index (χ1) is 10.5. The summed E-state index contributed by atoms with van der Waals surface area (Å²) in [5.74, 6) is 2.21. The molecule has 0 amide bonds. The van der Waals surface area contributed by atoms with Crippen LogP contribution in [0.5, 0.6) is 0 Å². The molecule has 0 saturated heterocycles. The van der Waals surface area contributed by atoms with E-state index in [9.17, 15) is 9.90 Å². The molecule has 2 nitrogen and oxygen atoms in total. The third-order valence-corrected chi connectivity index (χ3v) is 8.85. The fourth-order valence-electron chi connectivity index (χ4n) is 1.53. The summed E-state index contributed by atoms with van der Waals surface area (Å²) in [6.45, 7) is 12.6. The van der Waals surface area contributed by atoms with E-state index in [1.807, 2.05) is 36.4 Å². The average molecular weight is 327 g/mol. The van der Waals surface area contributed by atoms with Gasteiger partial charge in [0.2, 0.25) is 0 Å². The van der Waals surface area contributed by atoms with Gasteiger partial charge in [-0.3, -0.25) is 0 Å². The molecule has 122 valence electrons. The zero-order chi connectivity index (χ0) is 17.7. The molecule has 0 saturated carbocycles. The Labute approximate surface area is 140 Å². The van der Waals surface area contributed by atoms with E-state index in [1.54, 1.807) is 13.0 Å². The molecule has 1 N–H and O–H groups in total. The van der Waals surface area contributed by atoms with Gasteiger partial charge in [0.25, 0.3) is 0 Å². The van der Waals surface area contributed by atoms with Gasteiger partial charge in [0, 0.05) is 11.1 Å². The standard InChI is InChI=1S/C20H26O2Si/c1-16(19(21)22)18(13-12-17-10-8-7-9-11-17)14-15-23(5,6)20(2,3)4/h7-13H,1-6H3,(H,21,22)/b13-12+,18-16+. The highest BCUT2D eigenvalue weighted by Gasteiger charge is 2.33. The predicted molar refractivity (Wildman–Crippen MR) is 101 cm³/mol.